The highest BCUT2D eigenvalue weighted by Gasteiger charge is 2.09. The van der Waals surface area contributed by atoms with Crippen LogP contribution in [-0.4, -0.2) is 26.3 Å². The first-order valence-electron chi connectivity index (χ1n) is 8.83. The smallest absolute Gasteiger partial charge is 0.154 e. The van der Waals surface area contributed by atoms with Gasteiger partial charge in [0.1, 0.15) is 0 Å². The predicted molar refractivity (Wildman–Crippen MR) is 104 cm³/mol. The highest BCUT2D eigenvalue weighted by atomic mass is 15.3. The fraction of sp³-hybridized carbons (Fsp3) is 0.190. The quantitative estimate of drug-likeness (QED) is 0.597. The van der Waals surface area contributed by atoms with Crippen LogP contribution in [0.25, 0.3) is 28.0 Å². The molecular formula is C21H21N5. The zero-order chi connectivity index (χ0) is 17.9. The Morgan fingerprint density at radius 1 is 1.00 bits per heavy atom. The summed E-state index contributed by atoms with van der Waals surface area (Å²) in [5.74, 6) is 0.825. The normalized spacial score (nSPS) is 11.2. The summed E-state index contributed by atoms with van der Waals surface area (Å²) >= 11 is 0. The molecule has 0 unspecified atom stereocenters. The third kappa shape index (κ3) is 3.21. The van der Waals surface area contributed by atoms with Crippen LogP contribution >= 0.6 is 0 Å². The van der Waals surface area contributed by atoms with E-state index < -0.39 is 0 Å². The van der Waals surface area contributed by atoms with Crippen molar-refractivity contribution in [2.24, 2.45) is 0 Å². The standard InChI is InChI=1S/C21H21N5/c1-3-22-14-18-7-5-8-19(25-18)16-10-11-17-13-23-26(20(17)12-16)21-9-4-6-15(2)24-21/h4-13,22H,3,14H2,1-2H3. The van der Waals surface area contributed by atoms with E-state index in [1.54, 1.807) is 0 Å². The van der Waals surface area contributed by atoms with Gasteiger partial charge >= 0.3 is 0 Å². The Morgan fingerprint density at radius 3 is 2.73 bits per heavy atom. The zero-order valence-electron chi connectivity index (χ0n) is 15.0. The van der Waals surface area contributed by atoms with Gasteiger partial charge in [0.2, 0.25) is 0 Å². The molecule has 4 rings (SSSR count). The Balaban J connectivity index is 1.77. The number of hydrogen-bond acceptors (Lipinski definition) is 4. The van der Waals surface area contributed by atoms with Crippen LogP contribution in [0.4, 0.5) is 0 Å². The molecule has 1 aromatic carbocycles. The highest BCUT2D eigenvalue weighted by Crippen LogP contribution is 2.25. The second-order valence-corrected chi connectivity index (χ2v) is 6.26. The van der Waals surface area contributed by atoms with Gasteiger partial charge in [-0.05, 0) is 43.8 Å². The van der Waals surface area contributed by atoms with Crippen molar-refractivity contribution >= 4 is 10.9 Å². The number of pyridine rings is 2. The van der Waals surface area contributed by atoms with Crippen LogP contribution in [0.2, 0.25) is 0 Å². The molecule has 0 amide bonds. The van der Waals surface area contributed by atoms with Crippen molar-refractivity contribution in [3.05, 3.63) is 72.2 Å². The van der Waals surface area contributed by atoms with Gasteiger partial charge in [0.25, 0.3) is 0 Å². The van der Waals surface area contributed by atoms with Gasteiger partial charge in [-0.25, -0.2) is 9.67 Å². The van der Waals surface area contributed by atoms with Crippen LogP contribution < -0.4 is 5.32 Å². The summed E-state index contributed by atoms with van der Waals surface area (Å²) in [6.07, 6.45) is 1.87. The summed E-state index contributed by atoms with van der Waals surface area (Å²) < 4.78 is 1.88. The number of benzene rings is 1. The lowest BCUT2D eigenvalue weighted by molar-refractivity contribution is 0.711. The van der Waals surface area contributed by atoms with Crippen molar-refractivity contribution in [1.29, 1.82) is 0 Å². The summed E-state index contributed by atoms with van der Waals surface area (Å²) in [5.41, 5.74) is 5.08. The zero-order valence-corrected chi connectivity index (χ0v) is 15.0. The number of fused-ring (bicyclic) bond motifs is 1. The number of aromatic nitrogens is 4. The van der Waals surface area contributed by atoms with Gasteiger partial charge in [0.15, 0.2) is 5.82 Å². The molecule has 0 bridgehead atoms. The molecular weight excluding hydrogens is 322 g/mol. The van der Waals surface area contributed by atoms with Crippen LogP contribution in [0.5, 0.6) is 0 Å². The molecule has 130 valence electrons. The summed E-state index contributed by atoms with van der Waals surface area (Å²) in [6, 6.07) is 18.4. The molecule has 0 radical (unpaired) electrons. The van der Waals surface area contributed by atoms with E-state index in [2.05, 4.69) is 46.6 Å². The van der Waals surface area contributed by atoms with Crippen molar-refractivity contribution in [2.45, 2.75) is 20.4 Å². The van der Waals surface area contributed by atoms with E-state index in [0.717, 1.165) is 52.5 Å². The summed E-state index contributed by atoms with van der Waals surface area (Å²) in [4.78, 5) is 9.37. The minimum atomic E-state index is 0.776. The Kier molecular flexibility index (Phi) is 4.46. The average Bonchev–Trinajstić information content (AvgIpc) is 3.10. The minimum absolute atomic E-state index is 0.776. The number of rotatable bonds is 5. The van der Waals surface area contributed by atoms with Gasteiger partial charge in [-0.2, -0.15) is 5.10 Å². The molecule has 26 heavy (non-hydrogen) atoms. The average molecular weight is 343 g/mol. The predicted octanol–water partition coefficient (Wildman–Crippen LogP) is 3.90. The molecule has 1 N–H and O–H groups in total. The molecule has 0 fully saturated rings. The summed E-state index contributed by atoms with van der Waals surface area (Å²) in [7, 11) is 0. The van der Waals surface area contributed by atoms with Crippen LogP contribution in [0.15, 0.2) is 60.8 Å². The maximum Gasteiger partial charge on any atom is 0.154 e. The van der Waals surface area contributed by atoms with Crippen molar-refractivity contribution in [2.75, 3.05) is 6.54 Å². The topological polar surface area (TPSA) is 55.6 Å². The maximum absolute atomic E-state index is 4.78. The number of nitrogens with one attached hydrogen (secondary N) is 1. The second-order valence-electron chi connectivity index (χ2n) is 6.26. The molecule has 4 aromatic rings. The van der Waals surface area contributed by atoms with Gasteiger partial charge in [-0.1, -0.05) is 31.2 Å². The van der Waals surface area contributed by atoms with Gasteiger partial charge < -0.3 is 5.32 Å². The Labute approximate surface area is 152 Å². The first-order valence-corrected chi connectivity index (χ1v) is 8.83. The first-order chi connectivity index (χ1) is 12.7. The lowest BCUT2D eigenvalue weighted by Crippen LogP contribution is -2.12. The molecule has 0 aliphatic carbocycles. The van der Waals surface area contributed by atoms with E-state index >= 15 is 0 Å². The van der Waals surface area contributed by atoms with Gasteiger partial charge in [-0.15, -0.1) is 0 Å². The summed E-state index contributed by atoms with van der Waals surface area (Å²) in [6.45, 7) is 5.79. The third-order valence-corrected chi connectivity index (χ3v) is 4.32. The largest absolute Gasteiger partial charge is 0.311 e. The van der Waals surface area contributed by atoms with Crippen LogP contribution in [-0.2, 0) is 6.54 Å². The van der Waals surface area contributed by atoms with Crippen LogP contribution in [0.3, 0.4) is 0 Å². The van der Waals surface area contributed by atoms with E-state index in [1.807, 2.05) is 48.1 Å². The van der Waals surface area contributed by atoms with Crippen LogP contribution in [0.1, 0.15) is 18.3 Å². The van der Waals surface area contributed by atoms with E-state index in [4.69, 9.17) is 4.98 Å². The lowest BCUT2D eigenvalue weighted by atomic mass is 10.1. The van der Waals surface area contributed by atoms with E-state index in [1.165, 1.54) is 0 Å². The van der Waals surface area contributed by atoms with E-state index in [0.29, 0.717) is 0 Å². The maximum atomic E-state index is 4.78. The lowest BCUT2D eigenvalue weighted by Gasteiger charge is -2.07. The number of aryl methyl sites for hydroxylation is 1. The monoisotopic (exact) mass is 343 g/mol. The fourth-order valence-corrected chi connectivity index (χ4v) is 3.00. The van der Waals surface area contributed by atoms with E-state index in [-0.39, 0.29) is 0 Å². The second kappa shape index (κ2) is 7.06. The van der Waals surface area contributed by atoms with Gasteiger partial charge in [0.05, 0.1) is 23.1 Å². The van der Waals surface area contributed by atoms with Crippen LogP contribution in [0, 0.1) is 6.92 Å². The molecule has 3 aromatic heterocycles. The SMILES string of the molecule is CCNCc1cccc(-c2ccc3cnn(-c4cccc(C)n4)c3c2)n1. The van der Waals surface area contributed by atoms with E-state index in [9.17, 15) is 0 Å². The molecule has 0 saturated heterocycles. The fourth-order valence-electron chi connectivity index (χ4n) is 3.00. The van der Waals surface area contributed by atoms with Crippen molar-refractivity contribution in [3.8, 4) is 17.1 Å². The first kappa shape index (κ1) is 16.4. The Bertz CT molecular complexity index is 1050. The summed E-state index contributed by atoms with van der Waals surface area (Å²) in [5, 5.41) is 8.93. The molecule has 0 atom stereocenters. The van der Waals surface area contributed by atoms with Crippen molar-refractivity contribution in [1.82, 2.24) is 25.1 Å². The molecule has 5 nitrogen and oxygen atoms in total. The molecule has 5 heteroatoms. The van der Waals surface area contributed by atoms with Crippen molar-refractivity contribution < 1.29 is 0 Å². The third-order valence-electron chi connectivity index (χ3n) is 4.32. The van der Waals surface area contributed by atoms with Crippen molar-refractivity contribution in [3.63, 3.8) is 0 Å². The molecule has 0 spiro atoms. The van der Waals surface area contributed by atoms with Gasteiger partial charge in [0, 0.05) is 23.2 Å². The number of nitrogens with zero attached hydrogens (tertiary/aromatic N) is 4. The molecule has 0 aliphatic heterocycles. The Hall–Kier alpha value is -3.05. The molecule has 0 aliphatic rings. The highest BCUT2D eigenvalue weighted by molar-refractivity contribution is 5.84. The minimum Gasteiger partial charge on any atom is -0.311 e. The number of hydrogen-bond donors (Lipinski definition) is 1. The Morgan fingerprint density at radius 2 is 1.88 bits per heavy atom. The molecule has 0 saturated carbocycles. The van der Waals surface area contributed by atoms with Gasteiger partial charge in [-0.3, -0.25) is 4.98 Å². The molecule has 3 heterocycles.